The minimum Gasteiger partial charge on any atom is -0.434 e. The third kappa shape index (κ3) is 4.31. The van der Waals surface area contributed by atoms with Gasteiger partial charge in [0.25, 0.3) is 5.91 Å². The first-order chi connectivity index (χ1) is 13.0. The summed E-state index contributed by atoms with van der Waals surface area (Å²) in [6.07, 6.45) is 1.05. The number of hydrogen-bond acceptors (Lipinski definition) is 7. The van der Waals surface area contributed by atoms with Crippen molar-refractivity contribution in [3.63, 3.8) is 0 Å². The summed E-state index contributed by atoms with van der Waals surface area (Å²) in [5.41, 5.74) is 4.23. The van der Waals surface area contributed by atoms with Gasteiger partial charge in [0.15, 0.2) is 0 Å². The third-order valence-electron chi connectivity index (χ3n) is 3.33. The zero-order chi connectivity index (χ0) is 19.2. The first-order valence-electron chi connectivity index (χ1n) is 7.59. The molecule has 0 unspecified atom stereocenters. The Balaban J connectivity index is 1.80. The number of rotatable bonds is 6. The highest BCUT2D eigenvalue weighted by atomic mass is 19.1. The number of carbonyl (C=O) groups is 1. The lowest BCUT2D eigenvalue weighted by Gasteiger charge is -2.10. The molecule has 1 aromatic heterocycles. The lowest BCUT2D eigenvalue weighted by atomic mass is 10.2. The summed E-state index contributed by atoms with van der Waals surface area (Å²) >= 11 is 0. The highest BCUT2D eigenvalue weighted by molar-refractivity contribution is 5.94. The summed E-state index contributed by atoms with van der Waals surface area (Å²) in [4.78, 5) is 30.3. The van der Waals surface area contributed by atoms with E-state index in [1.807, 2.05) is 0 Å². The number of anilines is 1. The van der Waals surface area contributed by atoms with Gasteiger partial charge in [-0.1, -0.05) is 18.2 Å². The molecule has 0 saturated carbocycles. The minimum atomic E-state index is -0.731. The van der Waals surface area contributed by atoms with E-state index in [1.165, 1.54) is 12.1 Å². The van der Waals surface area contributed by atoms with Crippen LogP contribution in [0.25, 0.3) is 0 Å². The Morgan fingerprint density at radius 1 is 1.07 bits per heavy atom. The second-order valence-corrected chi connectivity index (χ2v) is 5.13. The molecule has 0 radical (unpaired) electrons. The number of aromatic nitrogens is 2. The summed E-state index contributed by atoms with van der Waals surface area (Å²) < 4.78 is 18.3. The number of para-hydroxylation sites is 1. The van der Waals surface area contributed by atoms with Crippen LogP contribution in [-0.4, -0.2) is 20.8 Å². The van der Waals surface area contributed by atoms with Crippen LogP contribution < -0.4 is 15.6 Å². The molecule has 0 aliphatic rings. The lowest BCUT2D eigenvalue weighted by molar-refractivity contribution is -0.385. The molecule has 1 heterocycles. The van der Waals surface area contributed by atoms with Crippen LogP contribution in [0.1, 0.15) is 10.4 Å². The molecule has 3 rings (SSSR count). The first kappa shape index (κ1) is 17.7. The maximum Gasteiger partial charge on any atom is 0.374 e. The Bertz CT molecular complexity index is 967. The molecule has 27 heavy (non-hydrogen) atoms. The molecule has 0 spiro atoms. The fourth-order valence-corrected chi connectivity index (χ4v) is 2.08. The van der Waals surface area contributed by atoms with Crippen LogP contribution in [0.2, 0.25) is 0 Å². The van der Waals surface area contributed by atoms with E-state index in [9.17, 15) is 19.3 Å². The van der Waals surface area contributed by atoms with Crippen molar-refractivity contribution in [2.75, 3.05) is 5.43 Å². The van der Waals surface area contributed by atoms with Gasteiger partial charge in [0.2, 0.25) is 5.82 Å². The van der Waals surface area contributed by atoms with Gasteiger partial charge in [0.1, 0.15) is 17.9 Å². The van der Waals surface area contributed by atoms with Crippen LogP contribution in [-0.2, 0) is 0 Å². The van der Waals surface area contributed by atoms with Crippen molar-refractivity contribution in [1.29, 1.82) is 0 Å². The van der Waals surface area contributed by atoms with Gasteiger partial charge >= 0.3 is 11.6 Å². The van der Waals surface area contributed by atoms with E-state index in [-0.39, 0.29) is 17.3 Å². The SMILES string of the molecule is O=C(NNc1ncnc(Oc2ccccc2)c1[N+](=O)[O-])c1ccc(F)cc1. The fraction of sp³-hybridized carbons (Fsp3) is 0. The molecule has 3 aromatic rings. The zero-order valence-corrected chi connectivity index (χ0v) is 13.6. The van der Waals surface area contributed by atoms with Crippen molar-refractivity contribution in [2.45, 2.75) is 0 Å². The van der Waals surface area contributed by atoms with Gasteiger partial charge in [-0.15, -0.1) is 0 Å². The normalized spacial score (nSPS) is 10.1. The molecule has 0 saturated heterocycles. The summed E-state index contributed by atoms with van der Waals surface area (Å²) in [5, 5.41) is 11.4. The van der Waals surface area contributed by atoms with Crippen LogP contribution in [0.15, 0.2) is 60.9 Å². The van der Waals surface area contributed by atoms with E-state index in [2.05, 4.69) is 20.8 Å². The van der Waals surface area contributed by atoms with Crippen molar-refractivity contribution < 1.29 is 18.8 Å². The average Bonchev–Trinajstić information content (AvgIpc) is 2.67. The highest BCUT2D eigenvalue weighted by Crippen LogP contribution is 2.33. The number of carbonyl (C=O) groups excluding carboxylic acids is 1. The number of amides is 1. The molecular weight excluding hydrogens is 357 g/mol. The standard InChI is InChI=1S/C17H12FN5O4/c18-12-8-6-11(7-9-12)16(24)22-21-15-14(23(25)26)17(20-10-19-15)27-13-4-2-1-3-5-13/h1-10H,(H,22,24)(H,19,20,21). The van der Waals surface area contributed by atoms with E-state index in [0.29, 0.717) is 5.75 Å². The number of hydrazine groups is 1. The molecule has 2 aromatic carbocycles. The third-order valence-corrected chi connectivity index (χ3v) is 3.33. The summed E-state index contributed by atoms with van der Waals surface area (Å²) in [7, 11) is 0. The second kappa shape index (κ2) is 7.87. The predicted octanol–water partition coefficient (Wildman–Crippen LogP) is 3.07. The fourth-order valence-electron chi connectivity index (χ4n) is 2.08. The van der Waals surface area contributed by atoms with E-state index in [4.69, 9.17) is 4.74 Å². The second-order valence-electron chi connectivity index (χ2n) is 5.13. The Kier molecular flexibility index (Phi) is 5.17. The number of nitro groups is 1. The number of halogens is 1. The minimum absolute atomic E-state index is 0.154. The van der Waals surface area contributed by atoms with Gasteiger partial charge in [-0.05, 0) is 36.4 Å². The topological polar surface area (TPSA) is 119 Å². The van der Waals surface area contributed by atoms with Gasteiger partial charge in [-0.2, -0.15) is 4.98 Å². The molecule has 0 atom stereocenters. The molecule has 1 amide bonds. The number of ether oxygens (including phenoxy) is 1. The Morgan fingerprint density at radius 3 is 2.44 bits per heavy atom. The molecule has 0 aliphatic carbocycles. The number of benzene rings is 2. The molecule has 9 nitrogen and oxygen atoms in total. The van der Waals surface area contributed by atoms with Crippen LogP contribution in [0.4, 0.5) is 15.9 Å². The van der Waals surface area contributed by atoms with Crippen molar-refractivity contribution in [1.82, 2.24) is 15.4 Å². The molecular formula is C17H12FN5O4. The van der Waals surface area contributed by atoms with E-state index >= 15 is 0 Å². The lowest BCUT2D eigenvalue weighted by Crippen LogP contribution is -2.30. The van der Waals surface area contributed by atoms with Crippen molar-refractivity contribution in [3.8, 4) is 11.6 Å². The summed E-state index contributed by atoms with van der Waals surface area (Å²) in [6.45, 7) is 0. The van der Waals surface area contributed by atoms with Crippen LogP contribution >= 0.6 is 0 Å². The van der Waals surface area contributed by atoms with Gasteiger partial charge in [0, 0.05) is 5.56 Å². The largest absolute Gasteiger partial charge is 0.434 e. The molecule has 0 aliphatic heterocycles. The van der Waals surface area contributed by atoms with E-state index < -0.39 is 22.3 Å². The average molecular weight is 369 g/mol. The maximum atomic E-state index is 12.9. The van der Waals surface area contributed by atoms with Gasteiger partial charge in [0.05, 0.1) is 4.92 Å². The van der Waals surface area contributed by atoms with Crippen molar-refractivity contribution >= 4 is 17.4 Å². The van der Waals surface area contributed by atoms with Crippen LogP contribution in [0, 0.1) is 15.9 Å². The maximum absolute atomic E-state index is 12.9. The Labute approximate surface area is 152 Å². The zero-order valence-electron chi connectivity index (χ0n) is 13.6. The first-order valence-corrected chi connectivity index (χ1v) is 7.59. The molecule has 10 heteroatoms. The van der Waals surface area contributed by atoms with E-state index in [0.717, 1.165) is 18.5 Å². The Morgan fingerprint density at radius 2 is 1.78 bits per heavy atom. The quantitative estimate of drug-likeness (QED) is 0.506. The van der Waals surface area contributed by atoms with Crippen LogP contribution in [0.5, 0.6) is 11.6 Å². The number of hydrogen-bond donors (Lipinski definition) is 2. The van der Waals surface area contributed by atoms with Crippen LogP contribution in [0.3, 0.4) is 0 Å². The smallest absolute Gasteiger partial charge is 0.374 e. The monoisotopic (exact) mass is 369 g/mol. The van der Waals surface area contributed by atoms with Crippen molar-refractivity contribution in [2.24, 2.45) is 0 Å². The summed E-state index contributed by atoms with van der Waals surface area (Å²) in [5.74, 6) is -1.33. The van der Waals surface area contributed by atoms with Gasteiger partial charge in [-0.3, -0.25) is 25.8 Å². The summed E-state index contributed by atoms with van der Waals surface area (Å²) in [6, 6.07) is 13.1. The van der Waals surface area contributed by atoms with Crippen molar-refractivity contribution in [3.05, 3.63) is 82.4 Å². The van der Waals surface area contributed by atoms with Gasteiger partial charge < -0.3 is 4.74 Å². The Hall–Kier alpha value is -4.08. The van der Waals surface area contributed by atoms with E-state index in [1.54, 1.807) is 30.3 Å². The highest BCUT2D eigenvalue weighted by Gasteiger charge is 2.25. The number of nitrogens with one attached hydrogen (secondary N) is 2. The molecule has 0 bridgehead atoms. The predicted molar refractivity (Wildman–Crippen MR) is 92.7 cm³/mol. The molecule has 136 valence electrons. The van der Waals surface area contributed by atoms with Gasteiger partial charge in [-0.25, -0.2) is 9.37 Å². The number of nitrogens with zero attached hydrogens (tertiary/aromatic N) is 3. The molecule has 2 N–H and O–H groups in total. The molecule has 0 fully saturated rings.